The monoisotopic (exact) mass is 820 g/mol. The van der Waals surface area contributed by atoms with E-state index in [2.05, 4.69) is 25.5 Å². The third-order valence-electron chi connectivity index (χ3n) is 15.4. The number of rotatable bonds is 9. The number of hydrogen-bond donors (Lipinski definition) is 3. The Balaban J connectivity index is 1.07. The van der Waals surface area contributed by atoms with E-state index in [0.29, 0.717) is 23.0 Å². The highest BCUT2D eigenvalue weighted by molar-refractivity contribution is 7.93. The van der Waals surface area contributed by atoms with Gasteiger partial charge in [0, 0.05) is 44.5 Å². The molecule has 8 rings (SSSR count). The maximum Gasteiger partial charge on any atom is 0.494 e. The van der Waals surface area contributed by atoms with Crippen LogP contribution in [0.3, 0.4) is 0 Å². The third kappa shape index (κ3) is 6.96. The smallest absolute Gasteiger partial charge is 0.465 e. The summed E-state index contributed by atoms with van der Waals surface area (Å²) in [5.74, 6) is -3.46. The van der Waals surface area contributed by atoms with Crippen LogP contribution in [0.5, 0.6) is 0 Å². The van der Waals surface area contributed by atoms with Crippen LogP contribution in [-0.2, 0) is 28.9 Å². The lowest BCUT2D eigenvalue weighted by atomic mass is 9.48. The van der Waals surface area contributed by atoms with Gasteiger partial charge in [-0.15, -0.1) is 0 Å². The molecule has 58 heavy (non-hydrogen) atoms. The number of hydrogen-bond acceptors (Lipinski definition) is 9. The lowest BCUT2D eigenvalue weighted by molar-refractivity contribution is -0.162. The van der Waals surface area contributed by atoms with E-state index in [0.717, 1.165) is 36.8 Å². The zero-order chi connectivity index (χ0) is 46.5. The molecule has 3 aromatic carbocycles. The Labute approximate surface area is 354 Å². The van der Waals surface area contributed by atoms with Crippen molar-refractivity contribution in [2.45, 2.75) is 109 Å². The number of carbonyl (C=O) groups excluding carboxylic acids is 1. The van der Waals surface area contributed by atoms with Crippen molar-refractivity contribution in [2.75, 3.05) is 30.3 Å². The van der Waals surface area contributed by atoms with Crippen LogP contribution in [0.2, 0.25) is 0 Å². The molecular formula is C46H63BN2O8S. The number of benzene rings is 3. The van der Waals surface area contributed by atoms with Crippen LogP contribution < -0.4 is 15.1 Å². The largest absolute Gasteiger partial charge is 0.494 e. The zero-order valence-corrected chi connectivity index (χ0v) is 35.2. The summed E-state index contributed by atoms with van der Waals surface area (Å²) in [7, 11) is -1.30. The summed E-state index contributed by atoms with van der Waals surface area (Å²) in [4.78, 5) is 15.5. The molecule has 0 amide bonds. The van der Waals surface area contributed by atoms with E-state index in [1.54, 1.807) is 42.5 Å². The third-order valence-corrected chi connectivity index (χ3v) is 16.9. The lowest BCUT2D eigenvalue weighted by Gasteiger charge is -2.56. The molecule has 314 valence electrons. The number of anilines is 2. The summed E-state index contributed by atoms with van der Waals surface area (Å²) < 4.78 is 101. The summed E-state index contributed by atoms with van der Waals surface area (Å²) in [6.07, 6.45) is -0.0648. The van der Waals surface area contributed by atoms with Crippen molar-refractivity contribution < 1.29 is 45.7 Å². The van der Waals surface area contributed by atoms with E-state index in [-0.39, 0.29) is 58.9 Å². The van der Waals surface area contributed by atoms with Crippen molar-refractivity contribution >= 4 is 50.7 Å². The summed E-state index contributed by atoms with van der Waals surface area (Å²) in [5.41, 5.74) is 0.899. The van der Waals surface area contributed by atoms with Crippen molar-refractivity contribution in [3.05, 3.63) is 60.7 Å². The molecule has 5 fully saturated rings. The Hall–Kier alpha value is -3.16. The van der Waals surface area contributed by atoms with Gasteiger partial charge in [-0.3, -0.25) is 9.52 Å². The highest BCUT2D eigenvalue weighted by atomic mass is 32.2. The van der Waals surface area contributed by atoms with Gasteiger partial charge >= 0.3 is 13.1 Å². The van der Waals surface area contributed by atoms with E-state index in [9.17, 15) is 23.4 Å². The molecule has 3 aliphatic carbocycles. The van der Waals surface area contributed by atoms with Gasteiger partial charge in [0.05, 0.1) is 41.8 Å². The molecule has 0 spiro atoms. The zero-order valence-electron chi connectivity index (χ0n) is 40.4. The fourth-order valence-corrected chi connectivity index (χ4v) is 13.6. The number of nitrogens with zero attached hydrogens (tertiary/aromatic N) is 1. The molecule has 0 radical (unpaired) electrons. The molecule has 2 heterocycles. The molecule has 12 heteroatoms. The highest BCUT2D eigenvalue weighted by Gasteiger charge is 2.63. The molecule has 2 saturated heterocycles. The van der Waals surface area contributed by atoms with Crippen LogP contribution in [0.4, 0.5) is 11.4 Å². The van der Waals surface area contributed by atoms with Gasteiger partial charge in [-0.1, -0.05) is 77.8 Å². The number of esters is 1. The minimum atomic E-state index is -4.04. The summed E-state index contributed by atoms with van der Waals surface area (Å²) in [5, 5.41) is 22.8. The topological polar surface area (TPSA) is 135 Å². The molecule has 5 aliphatic rings. The standard InChI is InChI=1S/C46H63BN2O8S/c1-26(2)27(3)42-43(28(4)34-19-20-35-33-25-55-44(52)37-23-39(50)40(51)24-46(37,6)36(33)21-22-45(34,35)5)57-47(56-42)29-15-17-30(18-16-29)48-58(53,54)41-14-10-11-31-32(41)12-9-13-38(31)49(7)8/h9-18,26-28,33-37,39-40,42-43,48,50-51H,19-25H2,1-8H3/t27-,28-,33-,34+,35-,36-,37+,39-,40+,42+,43+,45+,46+/m0/s1/i1D3,3D3/t26?,27-,28-,33-,34+,35-,36-,37+,39-,40+,42+,43+,45+,46+. The van der Waals surface area contributed by atoms with E-state index < -0.39 is 78.4 Å². The molecule has 3 aromatic rings. The van der Waals surface area contributed by atoms with Crippen LogP contribution in [0.1, 0.15) is 88.1 Å². The average Bonchev–Trinajstić information content (AvgIpc) is 3.78. The minimum absolute atomic E-state index is 0.0228. The van der Waals surface area contributed by atoms with Gasteiger partial charge in [0.25, 0.3) is 10.0 Å². The number of fused-ring (bicyclic) bond motifs is 6. The number of ether oxygens (including phenoxy) is 1. The van der Waals surface area contributed by atoms with Gasteiger partial charge in [0.1, 0.15) is 0 Å². The lowest BCUT2D eigenvalue weighted by Crippen LogP contribution is -2.55. The van der Waals surface area contributed by atoms with E-state index in [1.165, 1.54) is 6.92 Å². The molecule has 2 aliphatic heterocycles. The summed E-state index contributed by atoms with van der Waals surface area (Å²) in [6.45, 7) is 2.82. The van der Waals surface area contributed by atoms with Gasteiger partial charge in [0.2, 0.25) is 0 Å². The highest BCUT2D eigenvalue weighted by Crippen LogP contribution is 2.66. The molecule has 1 unspecified atom stereocenters. The van der Waals surface area contributed by atoms with Gasteiger partial charge in [0.15, 0.2) is 0 Å². The maximum atomic E-state index is 13.9. The molecule has 3 saturated carbocycles. The Bertz CT molecular complexity index is 2340. The molecule has 14 atom stereocenters. The normalized spacial score (nSPS) is 38.5. The van der Waals surface area contributed by atoms with Crippen LogP contribution in [0.15, 0.2) is 65.6 Å². The molecule has 3 N–H and O–H groups in total. The number of carbonyl (C=O) groups is 1. The fraction of sp³-hybridized carbons (Fsp3) is 0.630. The molecule has 0 bridgehead atoms. The Morgan fingerprint density at radius 3 is 2.33 bits per heavy atom. The van der Waals surface area contributed by atoms with Crippen molar-refractivity contribution in [2.24, 2.45) is 58.2 Å². The van der Waals surface area contributed by atoms with E-state index in [4.69, 9.17) is 22.3 Å². The number of sulfonamides is 1. The number of aliphatic hydroxyl groups excluding tert-OH is 2. The molecule has 10 nitrogen and oxygen atoms in total. The molecular weight excluding hydrogens is 751 g/mol. The first-order chi connectivity index (χ1) is 29.9. The quantitative estimate of drug-likeness (QED) is 0.156. The van der Waals surface area contributed by atoms with Gasteiger partial charge in [-0.25, -0.2) is 8.42 Å². The Kier molecular flexibility index (Phi) is 9.17. The van der Waals surface area contributed by atoms with Crippen LogP contribution in [-0.4, -0.2) is 76.8 Å². The van der Waals surface area contributed by atoms with Gasteiger partial charge < -0.3 is 29.2 Å². The Morgan fingerprint density at radius 2 is 1.60 bits per heavy atom. The Morgan fingerprint density at radius 1 is 0.897 bits per heavy atom. The first-order valence-corrected chi connectivity index (χ1v) is 22.5. The minimum Gasteiger partial charge on any atom is -0.465 e. The number of nitrogens with one attached hydrogen (secondary N) is 1. The van der Waals surface area contributed by atoms with E-state index >= 15 is 0 Å². The second kappa shape index (κ2) is 15.4. The fourth-order valence-electron chi connectivity index (χ4n) is 12.4. The summed E-state index contributed by atoms with van der Waals surface area (Å²) >= 11 is 0. The number of aliphatic hydroxyl groups is 2. The SMILES string of the molecule is [2H]C([2H])([2H])C(C)[C@@H]([C@H]1OB(c2ccc(NS(=O)(=O)c3cccc4c(N(C)C)cccc34)cc2)O[C@@H]1[C@@H](C)[C@H]1CC[C@H]2[C@@H]3COC(=O)[C@H]4C[C@H](O)[C@H](O)C[C@]4(C)[C@H]3CC[C@]12C)C([2H])([2H])[2H]. The van der Waals surface area contributed by atoms with Crippen molar-refractivity contribution in [3.8, 4) is 0 Å². The van der Waals surface area contributed by atoms with E-state index in [1.807, 2.05) is 37.2 Å². The van der Waals surface area contributed by atoms with Crippen LogP contribution in [0.25, 0.3) is 10.8 Å². The average molecular weight is 821 g/mol. The van der Waals surface area contributed by atoms with Gasteiger partial charge in [-0.2, -0.15) is 0 Å². The van der Waals surface area contributed by atoms with Crippen molar-refractivity contribution in [1.82, 2.24) is 0 Å². The first kappa shape index (κ1) is 34.5. The molecule has 0 aromatic heterocycles. The predicted molar refractivity (Wildman–Crippen MR) is 228 cm³/mol. The number of cyclic esters (lactones) is 1. The van der Waals surface area contributed by atoms with Crippen molar-refractivity contribution in [3.63, 3.8) is 0 Å². The van der Waals surface area contributed by atoms with Gasteiger partial charge in [-0.05, 0) is 121 Å². The van der Waals surface area contributed by atoms with Crippen LogP contribution >= 0.6 is 0 Å². The predicted octanol–water partition coefficient (Wildman–Crippen LogP) is 6.87. The summed E-state index contributed by atoms with van der Waals surface area (Å²) in [6, 6.07) is 17.2. The van der Waals surface area contributed by atoms with Crippen molar-refractivity contribution in [1.29, 1.82) is 0 Å². The second-order valence-electron chi connectivity index (χ2n) is 18.8. The first-order valence-electron chi connectivity index (χ1n) is 24.0. The second-order valence-corrected chi connectivity index (χ2v) is 20.5. The van der Waals surface area contributed by atoms with Crippen LogP contribution in [0, 0.1) is 58.2 Å². The maximum absolute atomic E-state index is 13.9.